The molecule has 0 aliphatic rings. The zero-order valence-electron chi connectivity index (χ0n) is 15.1. The van der Waals surface area contributed by atoms with Gasteiger partial charge in [-0.3, -0.25) is 4.79 Å². The molecule has 3 aromatic rings. The molecule has 8 heteroatoms. The zero-order chi connectivity index (χ0) is 20.1. The lowest BCUT2D eigenvalue weighted by molar-refractivity contribution is 0.0956. The van der Waals surface area contributed by atoms with Crippen LogP contribution < -0.4 is 10.1 Å². The Labute approximate surface area is 168 Å². The number of sulfone groups is 1. The fourth-order valence-electron chi connectivity index (χ4n) is 2.65. The van der Waals surface area contributed by atoms with Crippen LogP contribution >= 0.6 is 11.6 Å². The highest BCUT2D eigenvalue weighted by molar-refractivity contribution is 7.91. The molecule has 0 aliphatic heterocycles. The minimum absolute atomic E-state index is 0.0305. The van der Waals surface area contributed by atoms with Crippen LogP contribution in [0.25, 0.3) is 5.69 Å². The highest BCUT2D eigenvalue weighted by Gasteiger charge is 2.16. The van der Waals surface area contributed by atoms with Crippen molar-refractivity contribution < 1.29 is 17.9 Å². The predicted molar refractivity (Wildman–Crippen MR) is 108 cm³/mol. The second kappa shape index (κ2) is 8.50. The van der Waals surface area contributed by atoms with Crippen LogP contribution in [0, 0.1) is 0 Å². The van der Waals surface area contributed by atoms with Gasteiger partial charge in [-0.15, -0.1) is 0 Å². The summed E-state index contributed by atoms with van der Waals surface area (Å²) >= 11 is 6.15. The number of rotatable bonds is 7. The average molecular weight is 419 g/mol. The first-order valence-corrected chi connectivity index (χ1v) is 10.5. The van der Waals surface area contributed by atoms with Crippen LogP contribution in [0.1, 0.15) is 10.4 Å². The number of nitrogens with zero attached hydrogens (tertiary/aromatic N) is 1. The first-order chi connectivity index (χ1) is 13.4. The van der Waals surface area contributed by atoms with Gasteiger partial charge < -0.3 is 14.6 Å². The molecule has 1 heterocycles. The lowest BCUT2D eigenvalue weighted by Crippen LogP contribution is -2.29. The number of ether oxygens (including phenoxy) is 1. The third kappa shape index (κ3) is 4.55. The second-order valence-corrected chi connectivity index (χ2v) is 8.52. The van der Waals surface area contributed by atoms with Crippen molar-refractivity contribution in [1.82, 2.24) is 9.88 Å². The third-order valence-electron chi connectivity index (χ3n) is 4.17. The molecule has 0 unspecified atom stereocenters. The van der Waals surface area contributed by atoms with Gasteiger partial charge in [-0.1, -0.05) is 11.6 Å². The Morgan fingerprint density at radius 1 is 1.11 bits per heavy atom. The Morgan fingerprint density at radius 3 is 2.43 bits per heavy atom. The molecule has 0 saturated carbocycles. The molecule has 1 N–H and O–H groups in total. The molecule has 3 rings (SSSR count). The van der Waals surface area contributed by atoms with Crippen molar-refractivity contribution in [2.45, 2.75) is 4.90 Å². The number of methoxy groups -OCH3 is 1. The van der Waals surface area contributed by atoms with Gasteiger partial charge in [0, 0.05) is 24.6 Å². The summed E-state index contributed by atoms with van der Waals surface area (Å²) in [4.78, 5) is 12.7. The minimum Gasteiger partial charge on any atom is -0.497 e. The Morgan fingerprint density at radius 2 is 1.79 bits per heavy atom. The van der Waals surface area contributed by atoms with Crippen LogP contribution in [0.5, 0.6) is 5.75 Å². The molecular weight excluding hydrogens is 400 g/mol. The lowest BCUT2D eigenvalue weighted by Gasteiger charge is -2.10. The maximum Gasteiger partial charge on any atom is 0.252 e. The molecule has 1 aromatic heterocycles. The van der Waals surface area contributed by atoms with E-state index < -0.39 is 15.7 Å². The first kappa shape index (κ1) is 20.0. The van der Waals surface area contributed by atoms with E-state index in [0.717, 1.165) is 5.69 Å². The zero-order valence-corrected chi connectivity index (χ0v) is 16.7. The largest absolute Gasteiger partial charge is 0.497 e. The fourth-order valence-corrected chi connectivity index (χ4v) is 4.01. The van der Waals surface area contributed by atoms with Gasteiger partial charge in [-0.05, 0) is 54.6 Å². The molecule has 146 valence electrons. The molecule has 0 aliphatic carbocycles. The standard InChI is InChI=1S/C20H19ClN2O4S/c1-27-16-5-7-17(8-6-16)28(25,26)13-10-22-20(24)18-14-15(4-9-19(18)21)23-11-2-3-12-23/h2-9,11-12,14H,10,13H2,1H3,(H,22,24). The quantitative estimate of drug-likeness (QED) is 0.638. The highest BCUT2D eigenvalue weighted by atomic mass is 35.5. The van der Waals surface area contributed by atoms with Crippen molar-refractivity contribution in [3.05, 3.63) is 77.6 Å². The first-order valence-electron chi connectivity index (χ1n) is 8.48. The van der Waals surface area contributed by atoms with E-state index in [1.165, 1.54) is 19.2 Å². The van der Waals surface area contributed by atoms with Crippen molar-refractivity contribution in [3.8, 4) is 11.4 Å². The Balaban J connectivity index is 1.66. The summed E-state index contributed by atoms with van der Waals surface area (Å²) in [5, 5.41) is 2.92. The second-order valence-electron chi connectivity index (χ2n) is 6.00. The number of halogens is 1. The van der Waals surface area contributed by atoms with E-state index >= 15 is 0 Å². The van der Waals surface area contributed by atoms with E-state index in [9.17, 15) is 13.2 Å². The van der Waals surface area contributed by atoms with Gasteiger partial charge in [0.05, 0.1) is 28.3 Å². The van der Waals surface area contributed by atoms with Gasteiger partial charge >= 0.3 is 0 Å². The maximum absolute atomic E-state index is 12.5. The predicted octanol–water partition coefficient (Wildman–Crippen LogP) is 3.34. The van der Waals surface area contributed by atoms with Crippen LogP contribution in [0.4, 0.5) is 0 Å². The van der Waals surface area contributed by atoms with Crippen LogP contribution in [0.2, 0.25) is 5.02 Å². The van der Waals surface area contributed by atoms with Crippen molar-refractivity contribution in [2.24, 2.45) is 0 Å². The van der Waals surface area contributed by atoms with Gasteiger partial charge in [-0.2, -0.15) is 0 Å². The van der Waals surface area contributed by atoms with Crippen LogP contribution in [0.15, 0.2) is 71.9 Å². The smallest absolute Gasteiger partial charge is 0.252 e. The number of hydrogen-bond donors (Lipinski definition) is 1. The summed E-state index contributed by atoms with van der Waals surface area (Å²) in [5.41, 5.74) is 1.07. The molecular formula is C20H19ClN2O4S. The Bertz CT molecular complexity index is 1060. The van der Waals surface area contributed by atoms with Gasteiger partial charge in [0.25, 0.3) is 5.91 Å². The van der Waals surface area contributed by atoms with E-state index in [-0.39, 0.29) is 22.8 Å². The van der Waals surface area contributed by atoms with E-state index in [4.69, 9.17) is 16.3 Å². The SMILES string of the molecule is COc1ccc(S(=O)(=O)CCNC(=O)c2cc(-n3cccc3)ccc2Cl)cc1. The van der Waals surface area contributed by atoms with E-state index in [1.54, 1.807) is 30.3 Å². The molecule has 0 fully saturated rings. The highest BCUT2D eigenvalue weighted by Crippen LogP contribution is 2.20. The third-order valence-corrected chi connectivity index (χ3v) is 6.23. The van der Waals surface area contributed by atoms with Gasteiger partial charge in [-0.25, -0.2) is 8.42 Å². The van der Waals surface area contributed by atoms with E-state index in [1.807, 2.05) is 29.1 Å². The molecule has 28 heavy (non-hydrogen) atoms. The van der Waals surface area contributed by atoms with Crippen molar-refractivity contribution >= 4 is 27.3 Å². The van der Waals surface area contributed by atoms with E-state index in [2.05, 4.69) is 5.32 Å². The number of carbonyl (C=O) groups is 1. The molecule has 1 amide bonds. The van der Waals surface area contributed by atoms with Crippen molar-refractivity contribution in [2.75, 3.05) is 19.4 Å². The number of aromatic nitrogens is 1. The molecule has 0 bridgehead atoms. The Kier molecular flexibility index (Phi) is 6.06. The summed E-state index contributed by atoms with van der Waals surface area (Å²) in [6.07, 6.45) is 3.71. The molecule has 0 saturated heterocycles. The average Bonchev–Trinajstić information content (AvgIpc) is 3.23. The molecule has 0 spiro atoms. The number of benzene rings is 2. The summed E-state index contributed by atoms with van der Waals surface area (Å²) in [6, 6.07) is 15.0. The van der Waals surface area contributed by atoms with Crippen LogP contribution in [-0.2, 0) is 9.84 Å². The molecule has 6 nitrogen and oxygen atoms in total. The summed E-state index contributed by atoms with van der Waals surface area (Å²) in [7, 11) is -2.01. The number of amides is 1. The van der Waals surface area contributed by atoms with Crippen LogP contribution in [0.3, 0.4) is 0 Å². The van der Waals surface area contributed by atoms with Gasteiger partial charge in [0.15, 0.2) is 9.84 Å². The molecule has 0 radical (unpaired) electrons. The molecule has 2 aromatic carbocycles. The topological polar surface area (TPSA) is 77.4 Å². The molecule has 0 atom stereocenters. The van der Waals surface area contributed by atoms with Crippen LogP contribution in [-0.4, -0.2) is 38.3 Å². The Hall–Kier alpha value is -2.77. The number of nitrogens with one attached hydrogen (secondary N) is 1. The van der Waals surface area contributed by atoms with Gasteiger partial charge in [0.2, 0.25) is 0 Å². The van der Waals surface area contributed by atoms with Crippen molar-refractivity contribution in [3.63, 3.8) is 0 Å². The monoisotopic (exact) mass is 418 g/mol. The summed E-state index contributed by atoms with van der Waals surface area (Å²) in [6.45, 7) is -0.0305. The maximum atomic E-state index is 12.5. The number of hydrogen-bond acceptors (Lipinski definition) is 4. The fraction of sp³-hybridized carbons (Fsp3) is 0.150. The summed E-state index contributed by atoms with van der Waals surface area (Å²) < 4.78 is 31.7. The van der Waals surface area contributed by atoms with Gasteiger partial charge in [0.1, 0.15) is 5.75 Å². The number of carbonyl (C=O) groups excluding carboxylic acids is 1. The lowest BCUT2D eigenvalue weighted by atomic mass is 10.2. The van der Waals surface area contributed by atoms with Crippen molar-refractivity contribution in [1.29, 1.82) is 0 Å². The summed E-state index contributed by atoms with van der Waals surface area (Å²) in [5.74, 6) is -0.0756. The minimum atomic E-state index is -3.52. The normalized spacial score (nSPS) is 11.2. The van der Waals surface area contributed by atoms with E-state index in [0.29, 0.717) is 10.8 Å².